The average molecular weight is 231 g/mol. The lowest BCUT2D eigenvalue weighted by molar-refractivity contribution is 0.334. The number of phenols is 1. The van der Waals surface area contributed by atoms with E-state index >= 15 is 0 Å². The third-order valence-corrected chi connectivity index (χ3v) is 4.37. The Bertz CT molecular complexity index is 394. The predicted molar refractivity (Wildman–Crippen MR) is 68.9 cm³/mol. The summed E-state index contributed by atoms with van der Waals surface area (Å²) in [6.07, 6.45) is 8.10. The molecule has 92 valence electrons. The van der Waals surface area contributed by atoms with E-state index in [4.69, 9.17) is 0 Å². The summed E-state index contributed by atoms with van der Waals surface area (Å²) in [5.41, 5.74) is 2.47. The van der Waals surface area contributed by atoms with Gasteiger partial charge in [-0.3, -0.25) is 0 Å². The smallest absolute Gasteiger partial charge is 0.120 e. The molecule has 1 atom stereocenters. The summed E-state index contributed by atoms with van der Waals surface area (Å²) in [6, 6.07) is 6.31. The summed E-state index contributed by atoms with van der Waals surface area (Å²) in [7, 11) is 0. The second kappa shape index (κ2) is 4.69. The van der Waals surface area contributed by atoms with E-state index in [1.807, 2.05) is 12.1 Å². The van der Waals surface area contributed by atoms with Crippen LogP contribution in [0.2, 0.25) is 0 Å². The van der Waals surface area contributed by atoms with E-state index in [1.54, 1.807) is 0 Å². The minimum absolute atomic E-state index is 0.393. The van der Waals surface area contributed by atoms with Crippen LogP contribution >= 0.6 is 0 Å². The minimum Gasteiger partial charge on any atom is -0.508 e. The van der Waals surface area contributed by atoms with Gasteiger partial charge in [0.25, 0.3) is 0 Å². The Balaban J connectivity index is 1.86. The van der Waals surface area contributed by atoms with Crippen LogP contribution in [0.15, 0.2) is 18.2 Å². The zero-order valence-corrected chi connectivity index (χ0v) is 10.3. The Morgan fingerprint density at radius 1 is 1.06 bits per heavy atom. The fraction of sp³-hybridized carbons (Fsp3) is 0.600. The van der Waals surface area contributed by atoms with Crippen molar-refractivity contribution in [2.24, 2.45) is 5.92 Å². The molecule has 2 aliphatic rings. The lowest BCUT2D eigenvalue weighted by Crippen LogP contribution is -2.21. The molecule has 1 aromatic rings. The van der Waals surface area contributed by atoms with Gasteiger partial charge < -0.3 is 10.4 Å². The van der Waals surface area contributed by atoms with Gasteiger partial charge in [0.05, 0.1) is 0 Å². The van der Waals surface area contributed by atoms with Crippen LogP contribution in [0.5, 0.6) is 5.75 Å². The van der Waals surface area contributed by atoms with Gasteiger partial charge in [-0.2, -0.15) is 0 Å². The van der Waals surface area contributed by atoms with Gasteiger partial charge in [-0.15, -0.1) is 0 Å². The van der Waals surface area contributed by atoms with Crippen molar-refractivity contribution < 1.29 is 5.11 Å². The van der Waals surface area contributed by atoms with Crippen molar-refractivity contribution >= 4 is 0 Å². The van der Waals surface area contributed by atoms with Crippen molar-refractivity contribution in [2.75, 3.05) is 0 Å². The molecule has 0 saturated heterocycles. The molecule has 0 radical (unpaired) electrons. The fourth-order valence-corrected chi connectivity index (χ4v) is 3.48. The molecule has 3 rings (SSSR count). The molecule has 1 fully saturated rings. The first kappa shape index (κ1) is 11.1. The third kappa shape index (κ3) is 2.06. The van der Waals surface area contributed by atoms with Crippen LogP contribution in [0.25, 0.3) is 0 Å². The summed E-state index contributed by atoms with van der Waals surface area (Å²) in [5.74, 6) is 1.20. The lowest BCUT2D eigenvalue weighted by atomic mass is 9.87. The number of aromatic hydroxyl groups is 1. The zero-order valence-electron chi connectivity index (χ0n) is 10.3. The lowest BCUT2D eigenvalue weighted by Gasteiger charge is -2.23. The highest BCUT2D eigenvalue weighted by Crippen LogP contribution is 2.41. The Labute approximate surface area is 103 Å². The number of hydrogen-bond donors (Lipinski definition) is 2. The van der Waals surface area contributed by atoms with Gasteiger partial charge >= 0.3 is 0 Å². The van der Waals surface area contributed by atoms with Crippen molar-refractivity contribution in [2.45, 2.75) is 51.1 Å². The third-order valence-electron chi connectivity index (χ3n) is 4.37. The number of fused-ring (bicyclic) bond motifs is 1. The molecule has 1 aliphatic carbocycles. The molecular formula is C15H21NO. The highest BCUT2D eigenvalue weighted by molar-refractivity contribution is 5.44. The molecule has 2 N–H and O–H groups in total. The summed E-state index contributed by atoms with van der Waals surface area (Å²) >= 11 is 0. The molecule has 1 aliphatic heterocycles. The molecule has 1 heterocycles. The van der Waals surface area contributed by atoms with Crippen molar-refractivity contribution in [3.63, 3.8) is 0 Å². The van der Waals surface area contributed by atoms with Gasteiger partial charge in [0.1, 0.15) is 5.75 Å². The SMILES string of the molecule is Oc1cccc2c1C(C1CCCCCC1)NC2. The average Bonchev–Trinajstić information content (AvgIpc) is 2.59. The summed E-state index contributed by atoms with van der Waals surface area (Å²) in [4.78, 5) is 0. The van der Waals surface area contributed by atoms with E-state index in [1.165, 1.54) is 49.7 Å². The van der Waals surface area contributed by atoms with E-state index in [9.17, 15) is 5.11 Å². The van der Waals surface area contributed by atoms with Crippen LogP contribution in [0.4, 0.5) is 0 Å². The van der Waals surface area contributed by atoms with Crippen molar-refractivity contribution in [1.29, 1.82) is 0 Å². The van der Waals surface area contributed by atoms with Crippen LogP contribution in [-0.2, 0) is 6.54 Å². The van der Waals surface area contributed by atoms with Gasteiger partial charge in [0.2, 0.25) is 0 Å². The summed E-state index contributed by atoms with van der Waals surface area (Å²) < 4.78 is 0. The first-order valence-electron chi connectivity index (χ1n) is 6.90. The van der Waals surface area contributed by atoms with E-state index < -0.39 is 0 Å². The van der Waals surface area contributed by atoms with Crippen molar-refractivity contribution in [3.8, 4) is 5.75 Å². The van der Waals surface area contributed by atoms with Gasteiger partial charge in [-0.1, -0.05) is 37.8 Å². The minimum atomic E-state index is 0.393. The molecular weight excluding hydrogens is 210 g/mol. The predicted octanol–water partition coefficient (Wildman–Crippen LogP) is 3.51. The maximum Gasteiger partial charge on any atom is 0.120 e. The van der Waals surface area contributed by atoms with Gasteiger partial charge in [0.15, 0.2) is 0 Å². The fourth-order valence-electron chi connectivity index (χ4n) is 3.48. The second-order valence-corrected chi connectivity index (χ2v) is 5.46. The number of nitrogens with one attached hydrogen (secondary N) is 1. The molecule has 1 aromatic carbocycles. The number of hydrogen-bond acceptors (Lipinski definition) is 2. The molecule has 2 nitrogen and oxygen atoms in total. The van der Waals surface area contributed by atoms with Crippen LogP contribution < -0.4 is 5.32 Å². The first-order valence-corrected chi connectivity index (χ1v) is 6.90. The monoisotopic (exact) mass is 231 g/mol. The molecule has 0 amide bonds. The van der Waals surface area contributed by atoms with E-state index in [-0.39, 0.29) is 0 Å². The Morgan fingerprint density at radius 3 is 2.59 bits per heavy atom. The zero-order chi connectivity index (χ0) is 11.7. The van der Waals surface area contributed by atoms with Gasteiger partial charge in [-0.25, -0.2) is 0 Å². The number of rotatable bonds is 1. The van der Waals surface area contributed by atoms with Crippen molar-refractivity contribution in [1.82, 2.24) is 5.32 Å². The van der Waals surface area contributed by atoms with Crippen LogP contribution in [0, 0.1) is 5.92 Å². The van der Waals surface area contributed by atoms with Gasteiger partial charge in [-0.05, 0) is 30.4 Å². The largest absolute Gasteiger partial charge is 0.508 e. The van der Waals surface area contributed by atoms with Crippen LogP contribution in [0.1, 0.15) is 55.7 Å². The standard InChI is InChI=1S/C15H21NO/c17-13-9-5-8-12-10-16-15(14(12)13)11-6-3-1-2-4-7-11/h5,8-9,11,15-17H,1-4,6-7,10H2. The van der Waals surface area contributed by atoms with Crippen molar-refractivity contribution in [3.05, 3.63) is 29.3 Å². The molecule has 0 spiro atoms. The highest BCUT2D eigenvalue weighted by Gasteiger charge is 2.31. The molecule has 17 heavy (non-hydrogen) atoms. The number of benzene rings is 1. The first-order chi connectivity index (χ1) is 8.36. The molecule has 2 heteroatoms. The highest BCUT2D eigenvalue weighted by atomic mass is 16.3. The maximum absolute atomic E-state index is 10.1. The molecule has 1 unspecified atom stereocenters. The Kier molecular flexibility index (Phi) is 3.06. The van der Waals surface area contributed by atoms with Crippen LogP contribution in [-0.4, -0.2) is 5.11 Å². The quantitative estimate of drug-likeness (QED) is 0.725. The number of phenolic OH excluding ortho intramolecular Hbond substituents is 1. The van der Waals surface area contributed by atoms with Gasteiger partial charge in [0, 0.05) is 18.2 Å². The summed E-state index contributed by atoms with van der Waals surface area (Å²) in [6.45, 7) is 0.922. The maximum atomic E-state index is 10.1. The normalized spacial score (nSPS) is 25.5. The van der Waals surface area contributed by atoms with E-state index in [0.717, 1.165) is 6.54 Å². The topological polar surface area (TPSA) is 32.3 Å². The summed E-state index contributed by atoms with van der Waals surface area (Å²) in [5, 5.41) is 13.7. The Morgan fingerprint density at radius 2 is 1.82 bits per heavy atom. The molecule has 0 bridgehead atoms. The second-order valence-electron chi connectivity index (χ2n) is 5.46. The Hall–Kier alpha value is -1.02. The molecule has 0 aromatic heterocycles. The van der Waals surface area contributed by atoms with Crippen LogP contribution in [0.3, 0.4) is 0 Å². The van der Waals surface area contributed by atoms with E-state index in [0.29, 0.717) is 17.7 Å². The van der Waals surface area contributed by atoms with E-state index in [2.05, 4.69) is 11.4 Å². The molecule has 1 saturated carbocycles.